The molecule has 21 heavy (non-hydrogen) atoms. The largest absolute Gasteiger partial charge is 0.316 e. The van der Waals surface area contributed by atoms with Crippen LogP contribution in [0, 0.1) is 24.2 Å². The number of benzene rings is 1. The van der Waals surface area contributed by atoms with Crippen LogP contribution in [0.25, 0.3) is 0 Å². The van der Waals surface area contributed by atoms with E-state index in [1.165, 1.54) is 50.8 Å². The third kappa shape index (κ3) is 2.77. The van der Waals surface area contributed by atoms with Crippen LogP contribution in [0.4, 0.5) is 0 Å². The molecule has 1 aliphatic carbocycles. The lowest BCUT2D eigenvalue weighted by Gasteiger charge is -2.54. The van der Waals surface area contributed by atoms with Crippen LogP contribution in [-0.4, -0.2) is 13.1 Å². The lowest BCUT2D eigenvalue weighted by molar-refractivity contribution is 0.00525. The van der Waals surface area contributed by atoms with Gasteiger partial charge in [-0.1, -0.05) is 56.5 Å². The SMILES string of the molecule is Cc1ccc(C2CNCCC23CCCCC3C(C)C)cc1. The van der Waals surface area contributed by atoms with Gasteiger partial charge in [0, 0.05) is 12.5 Å². The van der Waals surface area contributed by atoms with E-state index in [9.17, 15) is 0 Å². The van der Waals surface area contributed by atoms with Gasteiger partial charge >= 0.3 is 0 Å². The van der Waals surface area contributed by atoms with Gasteiger partial charge in [-0.3, -0.25) is 0 Å². The lowest BCUT2D eigenvalue weighted by atomic mass is 9.53. The van der Waals surface area contributed by atoms with Crippen LogP contribution in [0.3, 0.4) is 0 Å². The molecule has 3 unspecified atom stereocenters. The number of hydrogen-bond acceptors (Lipinski definition) is 1. The van der Waals surface area contributed by atoms with Crippen molar-refractivity contribution in [3.8, 4) is 0 Å². The lowest BCUT2D eigenvalue weighted by Crippen LogP contribution is -2.50. The van der Waals surface area contributed by atoms with E-state index >= 15 is 0 Å². The maximum atomic E-state index is 3.68. The summed E-state index contributed by atoms with van der Waals surface area (Å²) in [5, 5.41) is 3.68. The van der Waals surface area contributed by atoms with Gasteiger partial charge in [0.2, 0.25) is 0 Å². The first kappa shape index (κ1) is 15.1. The highest BCUT2D eigenvalue weighted by molar-refractivity contribution is 5.28. The zero-order chi connectivity index (χ0) is 14.9. The fourth-order valence-corrected chi connectivity index (χ4v) is 5.23. The summed E-state index contributed by atoms with van der Waals surface area (Å²) in [7, 11) is 0. The Bertz CT molecular complexity index is 455. The highest BCUT2D eigenvalue weighted by atomic mass is 14.9. The van der Waals surface area contributed by atoms with E-state index in [-0.39, 0.29) is 0 Å². The fraction of sp³-hybridized carbons (Fsp3) is 0.700. The zero-order valence-corrected chi connectivity index (χ0v) is 14.0. The molecular weight excluding hydrogens is 254 g/mol. The van der Waals surface area contributed by atoms with E-state index in [2.05, 4.69) is 50.4 Å². The second-order valence-electron chi connectivity index (χ2n) is 7.75. The molecule has 1 heterocycles. The van der Waals surface area contributed by atoms with Crippen molar-refractivity contribution in [1.29, 1.82) is 0 Å². The van der Waals surface area contributed by atoms with Crippen LogP contribution in [0.15, 0.2) is 24.3 Å². The van der Waals surface area contributed by atoms with Crippen LogP contribution in [0.5, 0.6) is 0 Å². The molecule has 0 amide bonds. The van der Waals surface area contributed by atoms with Gasteiger partial charge in [0.05, 0.1) is 0 Å². The Labute approximate surface area is 130 Å². The first-order valence-corrected chi connectivity index (χ1v) is 8.91. The van der Waals surface area contributed by atoms with Crippen LogP contribution < -0.4 is 5.32 Å². The van der Waals surface area contributed by atoms with Gasteiger partial charge in [-0.2, -0.15) is 0 Å². The maximum Gasteiger partial charge on any atom is 0.00256 e. The molecule has 0 radical (unpaired) electrons. The smallest absolute Gasteiger partial charge is 0.00256 e. The summed E-state index contributed by atoms with van der Waals surface area (Å²) < 4.78 is 0. The second kappa shape index (κ2) is 6.12. The molecule has 1 aromatic carbocycles. The highest BCUT2D eigenvalue weighted by Gasteiger charge is 2.48. The molecule has 1 heteroatoms. The van der Waals surface area contributed by atoms with Crippen molar-refractivity contribution in [2.24, 2.45) is 17.3 Å². The zero-order valence-electron chi connectivity index (χ0n) is 14.0. The van der Waals surface area contributed by atoms with Crippen molar-refractivity contribution in [3.05, 3.63) is 35.4 Å². The molecule has 3 atom stereocenters. The highest BCUT2D eigenvalue weighted by Crippen LogP contribution is 2.56. The molecule has 1 aliphatic heterocycles. The monoisotopic (exact) mass is 285 g/mol. The predicted molar refractivity (Wildman–Crippen MR) is 90.6 cm³/mol. The Balaban J connectivity index is 1.97. The Hall–Kier alpha value is -0.820. The van der Waals surface area contributed by atoms with Crippen molar-refractivity contribution < 1.29 is 0 Å². The van der Waals surface area contributed by atoms with Crippen LogP contribution in [0.1, 0.15) is 63.0 Å². The van der Waals surface area contributed by atoms with Crippen molar-refractivity contribution in [2.45, 2.75) is 58.8 Å². The number of rotatable bonds is 2. The number of piperidine rings is 1. The number of hydrogen-bond donors (Lipinski definition) is 1. The molecule has 1 saturated heterocycles. The molecule has 2 fully saturated rings. The van der Waals surface area contributed by atoms with Crippen LogP contribution in [0.2, 0.25) is 0 Å². The van der Waals surface area contributed by atoms with Crippen molar-refractivity contribution in [2.75, 3.05) is 13.1 Å². The Kier molecular flexibility index (Phi) is 4.40. The molecule has 1 nitrogen and oxygen atoms in total. The fourth-order valence-electron chi connectivity index (χ4n) is 5.23. The van der Waals surface area contributed by atoms with Gasteiger partial charge in [0.25, 0.3) is 0 Å². The first-order chi connectivity index (χ1) is 10.1. The van der Waals surface area contributed by atoms with E-state index < -0.39 is 0 Å². The Morgan fingerprint density at radius 1 is 1.10 bits per heavy atom. The van der Waals surface area contributed by atoms with Gasteiger partial charge in [-0.05, 0) is 55.5 Å². The summed E-state index contributed by atoms with van der Waals surface area (Å²) >= 11 is 0. The standard InChI is InChI=1S/C20H31N/c1-15(2)18-6-4-5-11-20(18)12-13-21-14-19(20)17-9-7-16(3)8-10-17/h7-10,15,18-19,21H,4-6,11-14H2,1-3H3. The summed E-state index contributed by atoms with van der Waals surface area (Å²) in [4.78, 5) is 0. The van der Waals surface area contributed by atoms with Crippen LogP contribution in [-0.2, 0) is 0 Å². The third-order valence-corrected chi connectivity index (χ3v) is 6.24. The molecule has 116 valence electrons. The topological polar surface area (TPSA) is 12.0 Å². The Morgan fingerprint density at radius 2 is 1.86 bits per heavy atom. The molecular formula is C20H31N. The molecule has 1 spiro atoms. The van der Waals surface area contributed by atoms with Gasteiger partial charge in [0.1, 0.15) is 0 Å². The van der Waals surface area contributed by atoms with Crippen LogP contribution >= 0.6 is 0 Å². The van der Waals surface area contributed by atoms with Gasteiger partial charge in [0.15, 0.2) is 0 Å². The number of aryl methyl sites for hydroxylation is 1. The molecule has 0 aromatic heterocycles. The third-order valence-electron chi connectivity index (χ3n) is 6.24. The average Bonchev–Trinajstić information content (AvgIpc) is 2.49. The minimum atomic E-state index is 0.549. The van der Waals surface area contributed by atoms with E-state index in [0.29, 0.717) is 11.3 Å². The Morgan fingerprint density at radius 3 is 2.57 bits per heavy atom. The molecule has 3 rings (SSSR count). The van der Waals surface area contributed by atoms with Crippen molar-refractivity contribution in [3.63, 3.8) is 0 Å². The normalized spacial score (nSPS) is 33.5. The maximum absolute atomic E-state index is 3.68. The van der Waals surface area contributed by atoms with Gasteiger partial charge in [-0.15, -0.1) is 0 Å². The van der Waals surface area contributed by atoms with E-state index in [1.54, 1.807) is 5.56 Å². The summed E-state index contributed by atoms with van der Waals surface area (Å²) in [6.07, 6.45) is 7.13. The summed E-state index contributed by atoms with van der Waals surface area (Å²) in [5.74, 6) is 2.43. The minimum absolute atomic E-state index is 0.549. The van der Waals surface area contributed by atoms with Gasteiger partial charge < -0.3 is 5.32 Å². The minimum Gasteiger partial charge on any atom is -0.316 e. The molecule has 1 saturated carbocycles. The molecule has 1 aromatic rings. The average molecular weight is 285 g/mol. The predicted octanol–water partition coefficient (Wildman–Crippen LogP) is 4.90. The molecule has 2 aliphatic rings. The molecule has 1 N–H and O–H groups in total. The first-order valence-electron chi connectivity index (χ1n) is 8.91. The van der Waals surface area contributed by atoms with E-state index in [4.69, 9.17) is 0 Å². The second-order valence-corrected chi connectivity index (χ2v) is 7.75. The summed E-state index contributed by atoms with van der Waals surface area (Å²) in [6.45, 7) is 9.48. The summed E-state index contributed by atoms with van der Waals surface area (Å²) in [6, 6.07) is 9.37. The quantitative estimate of drug-likeness (QED) is 0.814. The number of nitrogens with one attached hydrogen (secondary N) is 1. The van der Waals surface area contributed by atoms with E-state index in [1.807, 2.05) is 0 Å². The molecule has 0 bridgehead atoms. The van der Waals surface area contributed by atoms with Gasteiger partial charge in [-0.25, -0.2) is 0 Å². The summed E-state index contributed by atoms with van der Waals surface area (Å²) in [5.41, 5.74) is 3.49. The van der Waals surface area contributed by atoms with Crippen molar-refractivity contribution >= 4 is 0 Å². The van der Waals surface area contributed by atoms with E-state index in [0.717, 1.165) is 11.8 Å². The van der Waals surface area contributed by atoms with Crippen molar-refractivity contribution in [1.82, 2.24) is 5.32 Å².